The van der Waals surface area contributed by atoms with Gasteiger partial charge in [0.05, 0.1) is 15.6 Å². The number of imide groups is 1. The van der Waals surface area contributed by atoms with Gasteiger partial charge in [-0.25, -0.2) is 4.79 Å². The van der Waals surface area contributed by atoms with Crippen molar-refractivity contribution in [2.24, 2.45) is 5.73 Å². The van der Waals surface area contributed by atoms with Crippen LogP contribution in [0.15, 0.2) is 18.3 Å². The van der Waals surface area contributed by atoms with Gasteiger partial charge in [0.15, 0.2) is 0 Å². The molecule has 0 saturated heterocycles. The summed E-state index contributed by atoms with van der Waals surface area (Å²) in [6, 6.07) is 2.69. The van der Waals surface area contributed by atoms with Crippen LogP contribution in [0, 0.1) is 0 Å². The third-order valence-electron chi connectivity index (χ3n) is 2.72. The van der Waals surface area contributed by atoms with E-state index in [0.29, 0.717) is 16.5 Å². The second-order valence-corrected chi connectivity index (χ2v) is 4.80. The van der Waals surface area contributed by atoms with E-state index in [-0.39, 0.29) is 6.42 Å². The molecule has 5 nitrogen and oxygen atoms in total. The number of carbonyl (C=O) groups excluding carboxylic acids is 2. The smallest absolute Gasteiger partial charge is 0.318 e. The highest BCUT2D eigenvalue weighted by Crippen LogP contribution is 2.32. The zero-order valence-electron chi connectivity index (χ0n) is 9.80. The Morgan fingerprint density at radius 1 is 1.32 bits per heavy atom. The number of fused-ring (bicyclic) bond motifs is 1. The Kier molecular flexibility index (Phi) is 3.97. The van der Waals surface area contributed by atoms with Crippen LogP contribution in [0.4, 0.5) is 4.79 Å². The van der Waals surface area contributed by atoms with Crippen LogP contribution in [0.2, 0.25) is 10.0 Å². The van der Waals surface area contributed by atoms with Crippen molar-refractivity contribution < 1.29 is 9.59 Å². The molecule has 0 atom stereocenters. The van der Waals surface area contributed by atoms with Gasteiger partial charge in [-0.05, 0) is 18.1 Å². The Bertz CT molecular complexity index is 652. The van der Waals surface area contributed by atoms with Crippen molar-refractivity contribution >= 4 is 46.0 Å². The number of hydrogen-bond donors (Lipinski definition) is 3. The Labute approximate surface area is 119 Å². The lowest BCUT2D eigenvalue weighted by Gasteiger charge is -2.01. The molecule has 2 rings (SSSR count). The molecule has 4 N–H and O–H groups in total. The van der Waals surface area contributed by atoms with Crippen LogP contribution in [0.25, 0.3) is 10.9 Å². The summed E-state index contributed by atoms with van der Waals surface area (Å²) in [5, 5.41) is 3.84. The van der Waals surface area contributed by atoms with Gasteiger partial charge in [-0.15, -0.1) is 0 Å². The lowest BCUT2D eigenvalue weighted by molar-refractivity contribution is -0.119. The van der Waals surface area contributed by atoms with Crippen molar-refractivity contribution in [3.05, 3.63) is 33.9 Å². The average molecular weight is 300 g/mol. The number of hydrogen-bond acceptors (Lipinski definition) is 2. The van der Waals surface area contributed by atoms with Crippen LogP contribution in [-0.4, -0.2) is 16.9 Å². The van der Waals surface area contributed by atoms with Crippen molar-refractivity contribution in [1.82, 2.24) is 10.3 Å². The van der Waals surface area contributed by atoms with Crippen molar-refractivity contribution in [2.75, 3.05) is 0 Å². The number of H-pyrrole nitrogens is 1. The minimum absolute atomic E-state index is 0.163. The largest absolute Gasteiger partial charge is 0.360 e. The maximum atomic E-state index is 11.3. The Hall–Kier alpha value is -1.72. The average Bonchev–Trinajstić information content (AvgIpc) is 2.74. The Morgan fingerprint density at radius 3 is 2.74 bits per heavy atom. The lowest BCUT2D eigenvalue weighted by atomic mass is 10.1. The van der Waals surface area contributed by atoms with Gasteiger partial charge in [-0.1, -0.05) is 29.3 Å². The number of nitrogens with one attached hydrogen (secondary N) is 2. The zero-order valence-corrected chi connectivity index (χ0v) is 11.3. The molecular formula is C12H11Cl2N3O2. The second-order valence-electron chi connectivity index (χ2n) is 4.01. The molecular weight excluding hydrogens is 289 g/mol. The van der Waals surface area contributed by atoms with Crippen LogP contribution < -0.4 is 11.1 Å². The number of nitrogens with two attached hydrogens (primary N) is 1. The minimum atomic E-state index is -0.848. The zero-order chi connectivity index (χ0) is 14.0. The van der Waals surface area contributed by atoms with E-state index in [2.05, 4.69) is 4.98 Å². The number of rotatable bonds is 3. The maximum Gasteiger partial charge on any atom is 0.318 e. The number of aromatic amines is 1. The Morgan fingerprint density at radius 2 is 2.05 bits per heavy atom. The summed E-state index contributed by atoms with van der Waals surface area (Å²) < 4.78 is 0. The molecule has 0 aliphatic rings. The van der Waals surface area contributed by atoms with E-state index >= 15 is 0 Å². The van der Waals surface area contributed by atoms with Crippen LogP contribution in [0.5, 0.6) is 0 Å². The van der Waals surface area contributed by atoms with Gasteiger partial charge in [-0.3, -0.25) is 10.1 Å². The molecule has 100 valence electrons. The van der Waals surface area contributed by atoms with Crippen molar-refractivity contribution in [2.45, 2.75) is 12.8 Å². The van der Waals surface area contributed by atoms with Crippen LogP contribution >= 0.6 is 23.2 Å². The summed E-state index contributed by atoms with van der Waals surface area (Å²) in [7, 11) is 0. The first-order valence-electron chi connectivity index (χ1n) is 5.52. The molecule has 1 aromatic heterocycles. The number of aryl methyl sites for hydroxylation is 1. The molecule has 3 amide bonds. The maximum absolute atomic E-state index is 11.3. The van der Waals surface area contributed by atoms with Gasteiger partial charge in [0.1, 0.15) is 0 Å². The SMILES string of the molecule is NC(=O)NC(=O)CCc1c[nH]c2c(Cl)c(Cl)ccc12. The monoisotopic (exact) mass is 299 g/mol. The lowest BCUT2D eigenvalue weighted by Crippen LogP contribution is -2.35. The Balaban J connectivity index is 2.16. The molecule has 19 heavy (non-hydrogen) atoms. The highest BCUT2D eigenvalue weighted by Gasteiger charge is 2.11. The number of primary amides is 1. The number of aromatic nitrogens is 1. The number of carbonyl (C=O) groups is 2. The predicted octanol–water partition coefficient (Wildman–Crippen LogP) is 2.60. The molecule has 0 spiro atoms. The van der Waals surface area contributed by atoms with Gasteiger partial charge >= 0.3 is 6.03 Å². The first kappa shape index (κ1) is 13.7. The van der Waals surface area contributed by atoms with Gasteiger partial charge in [-0.2, -0.15) is 0 Å². The molecule has 0 unspecified atom stereocenters. The second kappa shape index (κ2) is 5.50. The van der Waals surface area contributed by atoms with E-state index < -0.39 is 11.9 Å². The highest BCUT2D eigenvalue weighted by molar-refractivity contribution is 6.45. The van der Waals surface area contributed by atoms with E-state index in [1.807, 2.05) is 11.4 Å². The van der Waals surface area contributed by atoms with Gasteiger partial charge in [0, 0.05) is 18.0 Å². The topological polar surface area (TPSA) is 88.0 Å². The summed E-state index contributed by atoms with van der Waals surface area (Å²) in [5.74, 6) is -0.415. The van der Waals surface area contributed by atoms with Crippen molar-refractivity contribution in [1.29, 1.82) is 0 Å². The highest BCUT2D eigenvalue weighted by atomic mass is 35.5. The fourth-order valence-electron chi connectivity index (χ4n) is 1.85. The first-order chi connectivity index (χ1) is 8.99. The molecule has 0 aliphatic carbocycles. The summed E-state index contributed by atoms with van der Waals surface area (Å²) in [6.07, 6.45) is 2.40. The van der Waals surface area contributed by atoms with Crippen LogP contribution in [0.3, 0.4) is 0 Å². The van der Waals surface area contributed by atoms with E-state index in [1.165, 1.54) is 0 Å². The summed E-state index contributed by atoms with van der Waals surface area (Å²) in [6.45, 7) is 0. The number of urea groups is 1. The molecule has 1 heterocycles. The van der Waals surface area contributed by atoms with Gasteiger partial charge < -0.3 is 10.7 Å². The molecule has 0 radical (unpaired) electrons. The van der Waals surface area contributed by atoms with Crippen LogP contribution in [0.1, 0.15) is 12.0 Å². The van der Waals surface area contributed by atoms with Gasteiger partial charge in [0.2, 0.25) is 5.91 Å². The fraction of sp³-hybridized carbons (Fsp3) is 0.167. The minimum Gasteiger partial charge on any atom is -0.360 e. The number of halogens is 2. The first-order valence-corrected chi connectivity index (χ1v) is 6.28. The fourth-order valence-corrected chi connectivity index (χ4v) is 2.23. The summed E-state index contributed by atoms with van der Waals surface area (Å²) in [5.41, 5.74) is 6.52. The van der Waals surface area contributed by atoms with E-state index in [4.69, 9.17) is 28.9 Å². The van der Waals surface area contributed by atoms with Gasteiger partial charge in [0.25, 0.3) is 0 Å². The van der Waals surface area contributed by atoms with Crippen LogP contribution in [-0.2, 0) is 11.2 Å². The van der Waals surface area contributed by atoms with E-state index in [9.17, 15) is 9.59 Å². The molecule has 0 saturated carbocycles. The quantitative estimate of drug-likeness (QED) is 0.813. The van der Waals surface area contributed by atoms with E-state index in [1.54, 1.807) is 12.3 Å². The molecule has 7 heteroatoms. The third kappa shape index (κ3) is 3.00. The molecule has 2 aromatic rings. The van der Waals surface area contributed by atoms with Crippen molar-refractivity contribution in [3.8, 4) is 0 Å². The van der Waals surface area contributed by atoms with Crippen molar-refractivity contribution in [3.63, 3.8) is 0 Å². The summed E-state index contributed by atoms with van der Waals surface area (Å²) in [4.78, 5) is 24.9. The molecule has 0 aliphatic heterocycles. The third-order valence-corrected chi connectivity index (χ3v) is 3.52. The number of benzene rings is 1. The standard InChI is InChI=1S/C12H11Cl2N3O2/c13-8-3-2-7-6(5-16-11(7)10(8)14)1-4-9(18)17-12(15)19/h2-3,5,16H,1,4H2,(H3,15,17,18,19). The normalized spacial score (nSPS) is 10.6. The molecule has 0 bridgehead atoms. The number of amides is 3. The molecule has 0 fully saturated rings. The van der Waals surface area contributed by atoms with E-state index in [0.717, 1.165) is 16.5 Å². The molecule has 1 aromatic carbocycles. The predicted molar refractivity (Wildman–Crippen MR) is 74.4 cm³/mol. The summed E-state index contributed by atoms with van der Waals surface area (Å²) >= 11 is 12.0.